The second-order valence-corrected chi connectivity index (χ2v) is 4.85. The Bertz CT molecular complexity index is 566. The molecule has 2 aromatic rings. The Balaban J connectivity index is 2.16. The molecule has 0 nitrogen and oxygen atoms in total. The number of rotatable bonds is 1. The summed E-state index contributed by atoms with van der Waals surface area (Å²) < 4.78 is 0. The summed E-state index contributed by atoms with van der Waals surface area (Å²) in [6.07, 6.45) is 1.26. The number of benzene rings is 2. The Morgan fingerprint density at radius 3 is 2.50 bits per heavy atom. The molecule has 0 heteroatoms. The van der Waals surface area contributed by atoms with Crippen molar-refractivity contribution < 1.29 is 0 Å². The average Bonchev–Trinajstić information content (AvgIpc) is 3.08. The van der Waals surface area contributed by atoms with E-state index in [1.165, 1.54) is 28.3 Å². The van der Waals surface area contributed by atoms with Crippen LogP contribution in [0.5, 0.6) is 0 Å². The van der Waals surface area contributed by atoms with Crippen LogP contribution in [-0.4, -0.2) is 0 Å². The van der Waals surface area contributed by atoms with Crippen molar-refractivity contribution in [2.24, 2.45) is 0 Å². The van der Waals surface area contributed by atoms with Gasteiger partial charge in [0.15, 0.2) is 0 Å². The molecule has 16 heavy (non-hydrogen) atoms. The van der Waals surface area contributed by atoms with Crippen LogP contribution in [0.4, 0.5) is 0 Å². The summed E-state index contributed by atoms with van der Waals surface area (Å²) in [5.74, 6) is 0.691. The van der Waals surface area contributed by atoms with Gasteiger partial charge in [0.25, 0.3) is 0 Å². The second kappa shape index (κ2) is 3.48. The van der Waals surface area contributed by atoms with Crippen molar-refractivity contribution in [1.82, 2.24) is 0 Å². The van der Waals surface area contributed by atoms with Gasteiger partial charge in [-0.2, -0.15) is 0 Å². The van der Waals surface area contributed by atoms with Gasteiger partial charge in [-0.1, -0.05) is 53.6 Å². The maximum atomic E-state index is 2.28. The lowest BCUT2D eigenvalue weighted by Gasteiger charge is -2.04. The molecule has 2 aromatic carbocycles. The molecule has 1 aliphatic carbocycles. The highest BCUT2D eigenvalue weighted by atomic mass is 14.4. The minimum atomic E-state index is 0.691. The molecule has 80 valence electrons. The van der Waals surface area contributed by atoms with Gasteiger partial charge in [-0.05, 0) is 36.6 Å². The summed E-state index contributed by atoms with van der Waals surface area (Å²) in [7, 11) is 0. The highest BCUT2D eigenvalue weighted by Gasteiger charge is 2.32. The third kappa shape index (κ3) is 1.46. The average molecular weight is 208 g/mol. The van der Waals surface area contributed by atoms with Crippen LogP contribution >= 0.6 is 0 Å². The maximum Gasteiger partial charge on any atom is 0.00946 e. The lowest BCUT2D eigenvalue weighted by molar-refractivity contribution is 1.18. The van der Waals surface area contributed by atoms with Crippen molar-refractivity contribution in [2.45, 2.75) is 26.2 Å². The Labute approximate surface area is 96.6 Å². The first kappa shape index (κ1) is 9.65. The fourth-order valence-corrected chi connectivity index (χ4v) is 2.57. The standard InChI is InChI=1S/C16H16/c1-11(2)15-10-16(15)14-9-5-7-12-6-3-4-8-13(12)14/h3-9,16H,10H2,1-2H3. The topological polar surface area (TPSA) is 0 Å². The normalized spacial score (nSPS) is 18.9. The molecule has 0 heterocycles. The lowest BCUT2D eigenvalue weighted by atomic mass is 10.0. The van der Waals surface area contributed by atoms with Gasteiger partial charge in [0.2, 0.25) is 0 Å². The summed E-state index contributed by atoms with van der Waals surface area (Å²) >= 11 is 0. The molecule has 1 aliphatic rings. The summed E-state index contributed by atoms with van der Waals surface area (Å²) in [6.45, 7) is 4.45. The smallest absolute Gasteiger partial charge is 0.00946 e. The second-order valence-electron chi connectivity index (χ2n) is 4.85. The fourth-order valence-electron chi connectivity index (χ4n) is 2.57. The summed E-state index contributed by atoms with van der Waals surface area (Å²) in [6, 6.07) is 15.3. The zero-order valence-electron chi connectivity index (χ0n) is 9.83. The van der Waals surface area contributed by atoms with E-state index in [-0.39, 0.29) is 0 Å². The van der Waals surface area contributed by atoms with Crippen molar-refractivity contribution >= 4 is 10.8 Å². The summed E-state index contributed by atoms with van der Waals surface area (Å²) in [4.78, 5) is 0. The van der Waals surface area contributed by atoms with Crippen molar-refractivity contribution in [2.75, 3.05) is 0 Å². The highest BCUT2D eigenvalue weighted by Crippen LogP contribution is 2.50. The van der Waals surface area contributed by atoms with Crippen LogP contribution in [0.2, 0.25) is 0 Å². The SMILES string of the molecule is CC(C)=C1CC1c1cccc2ccccc12. The third-order valence-corrected chi connectivity index (χ3v) is 3.53. The minimum absolute atomic E-state index is 0.691. The monoisotopic (exact) mass is 208 g/mol. The lowest BCUT2D eigenvalue weighted by Crippen LogP contribution is -1.82. The zero-order valence-corrected chi connectivity index (χ0v) is 9.83. The molecule has 0 radical (unpaired) electrons. The van der Waals surface area contributed by atoms with E-state index < -0.39 is 0 Å². The maximum absolute atomic E-state index is 2.28. The van der Waals surface area contributed by atoms with Gasteiger partial charge in [-0.15, -0.1) is 0 Å². The van der Waals surface area contributed by atoms with Crippen LogP contribution in [0.25, 0.3) is 10.8 Å². The van der Waals surface area contributed by atoms with Gasteiger partial charge >= 0.3 is 0 Å². The molecule has 0 saturated heterocycles. The fraction of sp³-hybridized carbons (Fsp3) is 0.250. The van der Waals surface area contributed by atoms with Crippen LogP contribution in [-0.2, 0) is 0 Å². The molecular weight excluding hydrogens is 192 g/mol. The molecule has 0 aromatic heterocycles. The van der Waals surface area contributed by atoms with E-state index in [2.05, 4.69) is 56.3 Å². The number of hydrogen-bond donors (Lipinski definition) is 0. The number of fused-ring (bicyclic) bond motifs is 1. The first-order valence-corrected chi connectivity index (χ1v) is 5.91. The molecule has 0 aliphatic heterocycles. The van der Waals surface area contributed by atoms with Crippen LogP contribution in [0.3, 0.4) is 0 Å². The molecule has 1 atom stereocenters. The third-order valence-electron chi connectivity index (χ3n) is 3.53. The molecule has 0 amide bonds. The van der Waals surface area contributed by atoms with Crippen molar-refractivity contribution in [3.8, 4) is 0 Å². The first-order chi connectivity index (χ1) is 7.77. The molecule has 1 fully saturated rings. The van der Waals surface area contributed by atoms with Crippen molar-refractivity contribution in [1.29, 1.82) is 0 Å². The van der Waals surface area contributed by atoms with E-state index in [0.29, 0.717) is 5.92 Å². The predicted octanol–water partition coefficient (Wildman–Crippen LogP) is 4.66. The molecule has 0 spiro atoms. The van der Waals surface area contributed by atoms with Gasteiger partial charge in [-0.25, -0.2) is 0 Å². The van der Waals surface area contributed by atoms with Crippen molar-refractivity contribution in [3.05, 3.63) is 59.2 Å². The van der Waals surface area contributed by atoms with Gasteiger partial charge in [-0.3, -0.25) is 0 Å². The Morgan fingerprint density at radius 2 is 1.75 bits per heavy atom. The summed E-state index contributed by atoms with van der Waals surface area (Å²) in [5.41, 5.74) is 4.64. The van der Waals surface area contributed by atoms with Crippen LogP contribution in [0.1, 0.15) is 31.7 Å². The van der Waals surface area contributed by atoms with Crippen molar-refractivity contribution in [3.63, 3.8) is 0 Å². The summed E-state index contributed by atoms with van der Waals surface area (Å²) in [5, 5.41) is 2.78. The highest BCUT2D eigenvalue weighted by molar-refractivity contribution is 5.87. The van der Waals surface area contributed by atoms with E-state index in [9.17, 15) is 0 Å². The predicted molar refractivity (Wildman–Crippen MR) is 69.7 cm³/mol. The van der Waals surface area contributed by atoms with E-state index in [0.717, 1.165) is 0 Å². The van der Waals surface area contributed by atoms with Crippen LogP contribution in [0, 0.1) is 0 Å². The quantitative estimate of drug-likeness (QED) is 0.598. The van der Waals surface area contributed by atoms with Crippen LogP contribution < -0.4 is 0 Å². The molecule has 3 rings (SSSR count). The Morgan fingerprint density at radius 1 is 1.00 bits per heavy atom. The van der Waals surface area contributed by atoms with Gasteiger partial charge in [0.1, 0.15) is 0 Å². The number of allylic oxidation sites excluding steroid dienone is 2. The van der Waals surface area contributed by atoms with Gasteiger partial charge in [0.05, 0.1) is 0 Å². The Kier molecular flexibility index (Phi) is 2.10. The molecule has 1 saturated carbocycles. The van der Waals surface area contributed by atoms with E-state index in [1.54, 1.807) is 5.57 Å². The Hall–Kier alpha value is -1.56. The molecule has 0 N–H and O–H groups in total. The zero-order chi connectivity index (χ0) is 11.1. The molecule has 0 bridgehead atoms. The first-order valence-electron chi connectivity index (χ1n) is 5.91. The van der Waals surface area contributed by atoms with Gasteiger partial charge < -0.3 is 0 Å². The van der Waals surface area contributed by atoms with Crippen LogP contribution in [0.15, 0.2) is 53.6 Å². The van der Waals surface area contributed by atoms with E-state index in [1.807, 2.05) is 0 Å². The number of hydrogen-bond acceptors (Lipinski definition) is 0. The van der Waals surface area contributed by atoms with Gasteiger partial charge in [0, 0.05) is 5.92 Å². The molecule has 1 unspecified atom stereocenters. The van der Waals surface area contributed by atoms with E-state index >= 15 is 0 Å². The van der Waals surface area contributed by atoms with E-state index in [4.69, 9.17) is 0 Å². The molecular formula is C16H16. The minimum Gasteiger partial charge on any atom is -0.0766 e. The largest absolute Gasteiger partial charge is 0.0766 e.